The van der Waals surface area contributed by atoms with E-state index in [9.17, 15) is 14.3 Å². The topological polar surface area (TPSA) is 49.7 Å². The monoisotopic (exact) mass is 319 g/mol. The number of carboxylic acid groups (broad SMARTS) is 1. The fourth-order valence-corrected chi connectivity index (χ4v) is 2.35. The van der Waals surface area contributed by atoms with Crippen molar-refractivity contribution >= 4 is 17.9 Å². The van der Waals surface area contributed by atoms with Gasteiger partial charge >= 0.3 is 5.97 Å². The summed E-state index contributed by atoms with van der Waals surface area (Å²) in [4.78, 5) is 15.6. The maximum atomic E-state index is 12.9. The van der Waals surface area contributed by atoms with Gasteiger partial charge in [-0.1, -0.05) is 42.5 Å². The molecule has 0 saturated carbocycles. The van der Waals surface area contributed by atoms with E-state index < -0.39 is 5.97 Å². The lowest BCUT2D eigenvalue weighted by atomic mass is 9.99. The number of benzene rings is 3. The Morgan fingerprint density at radius 2 is 1.58 bits per heavy atom. The number of carboxylic acids is 1. The molecule has 0 radical (unpaired) electrons. The molecule has 0 atom stereocenters. The standard InChI is InChI=1S/C20H14FNO2/c21-16-9-11-17(12-10-16)22-13-14-5-7-15(8-6-14)18-3-1-2-4-19(18)20(23)24/h1-13H,(H,23,24). The number of hydrogen-bond donors (Lipinski definition) is 1. The molecule has 0 aliphatic carbocycles. The molecular formula is C20H14FNO2. The van der Waals surface area contributed by atoms with Gasteiger partial charge in [0.25, 0.3) is 0 Å². The van der Waals surface area contributed by atoms with Gasteiger partial charge in [0.2, 0.25) is 0 Å². The zero-order chi connectivity index (χ0) is 16.9. The SMILES string of the molecule is O=C(O)c1ccccc1-c1ccc(C=Nc2ccc(F)cc2)cc1. The average Bonchev–Trinajstić information content (AvgIpc) is 2.62. The van der Waals surface area contributed by atoms with Crippen molar-refractivity contribution < 1.29 is 14.3 Å². The third-order valence-electron chi connectivity index (χ3n) is 3.57. The molecule has 3 rings (SSSR count). The zero-order valence-corrected chi connectivity index (χ0v) is 12.7. The van der Waals surface area contributed by atoms with Gasteiger partial charge in [-0.3, -0.25) is 4.99 Å². The molecule has 0 aliphatic rings. The number of halogens is 1. The highest BCUT2D eigenvalue weighted by Gasteiger charge is 2.10. The van der Waals surface area contributed by atoms with Gasteiger partial charge in [0.1, 0.15) is 5.82 Å². The fraction of sp³-hybridized carbons (Fsp3) is 0. The van der Waals surface area contributed by atoms with Gasteiger partial charge in [-0.05, 0) is 47.0 Å². The molecule has 0 aliphatic heterocycles. The highest BCUT2D eigenvalue weighted by atomic mass is 19.1. The van der Waals surface area contributed by atoms with Crippen LogP contribution in [0.2, 0.25) is 0 Å². The Hall–Kier alpha value is -3.27. The third kappa shape index (κ3) is 3.55. The van der Waals surface area contributed by atoms with Crippen molar-refractivity contribution in [2.45, 2.75) is 0 Å². The first-order chi connectivity index (χ1) is 11.6. The average molecular weight is 319 g/mol. The van der Waals surface area contributed by atoms with Crippen LogP contribution in [0.1, 0.15) is 15.9 Å². The Balaban J connectivity index is 1.83. The van der Waals surface area contributed by atoms with Gasteiger partial charge in [-0.2, -0.15) is 0 Å². The van der Waals surface area contributed by atoms with Crippen molar-refractivity contribution in [3.8, 4) is 11.1 Å². The van der Waals surface area contributed by atoms with Crippen molar-refractivity contribution in [2.75, 3.05) is 0 Å². The van der Waals surface area contributed by atoms with Crippen LogP contribution in [0.5, 0.6) is 0 Å². The molecule has 1 N–H and O–H groups in total. The van der Waals surface area contributed by atoms with Crippen LogP contribution in [-0.4, -0.2) is 17.3 Å². The second kappa shape index (κ2) is 6.87. The van der Waals surface area contributed by atoms with E-state index in [1.807, 2.05) is 30.3 Å². The first-order valence-corrected chi connectivity index (χ1v) is 7.36. The minimum atomic E-state index is -0.951. The molecular weight excluding hydrogens is 305 g/mol. The van der Waals surface area contributed by atoms with Crippen LogP contribution in [-0.2, 0) is 0 Å². The largest absolute Gasteiger partial charge is 0.478 e. The number of aliphatic imine (C=N–C) groups is 1. The van der Waals surface area contributed by atoms with Gasteiger partial charge in [0.15, 0.2) is 0 Å². The minimum Gasteiger partial charge on any atom is -0.478 e. The van der Waals surface area contributed by atoms with E-state index in [0.717, 1.165) is 11.1 Å². The van der Waals surface area contributed by atoms with Crippen molar-refractivity contribution in [3.05, 3.63) is 89.7 Å². The molecule has 118 valence electrons. The van der Waals surface area contributed by atoms with E-state index in [-0.39, 0.29) is 11.4 Å². The summed E-state index contributed by atoms with van der Waals surface area (Å²) in [6.07, 6.45) is 1.68. The molecule has 3 aromatic rings. The van der Waals surface area contributed by atoms with E-state index in [0.29, 0.717) is 11.3 Å². The molecule has 0 fully saturated rings. The summed E-state index contributed by atoms with van der Waals surface area (Å²) in [5.41, 5.74) is 3.30. The molecule has 3 aromatic carbocycles. The second-order valence-corrected chi connectivity index (χ2v) is 5.21. The highest BCUT2D eigenvalue weighted by molar-refractivity contribution is 5.96. The Morgan fingerprint density at radius 3 is 2.25 bits per heavy atom. The number of aromatic carboxylic acids is 1. The van der Waals surface area contributed by atoms with Crippen molar-refractivity contribution in [1.82, 2.24) is 0 Å². The molecule has 0 saturated heterocycles. The molecule has 24 heavy (non-hydrogen) atoms. The summed E-state index contributed by atoms with van der Waals surface area (Å²) in [5, 5.41) is 9.26. The molecule has 0 spiro atoms. The molecule has 0 unspecified atom stereocenters. The maximum absolute atomic E-state index is 12.9. The van der Waals surface area contributed by atoms with Gasteiger partial charge in [-0.25, -0.2) is 9.18 Å². The van der Waals surface area contributed by atoms with Crippen molar-refractivity contribution in [2.24, 2.45) is 4.99 Å². The molecule has 0 amide bonds. The number of nitrogens with zero attached hydrogens (tertiary/aromatic N) is 1. The lowest BCUT2D eigenvalue weighted by Crippen LogP contribution is -1.98. The van der Waals surface area contributed by atoms with E-state index in [1.165, 1.54) is 12.1 Å². The summed E-state index contributed by atoms with van der Waals surface area (Å²) in [7, 11) is 0. The zero-order valence-electron chi connectivity index (χ0n) is 12.7. The summed E-state index contributed by atoms with van der Waals surface area (Å²) in [6, 6.07) is 20.2. The van der Waals surface area contributed by atoms with E-state index in [4.69, 9.17) is 0 Å². The second-order valence-electron chi connectivity index (χ2n) is 5.21. The van der Waals surface area contributed by atoms with Gasteiger partial charge < -0.3 is 5.11 Å². The van der Waals surface area contributed by atoms with Gasteiger partial charge in [0.05, 0.1) is 11.3 Å². The predicted molar refractivity (Wildman–Crippen MR) is 92.5 cm³/mol. The summed E-state index contributed by atoms with van der Waals surface area (Å²) in [5.74, 6) is -1.25. The molecule has 0 bridgehead atoms. The number of carbonyl (C=O) groups is 1. The first kappa shape index (κ1) is 15.6. The van der Waals surface area contributed by atoms with Crippen LogP contribution in [0.15, 0.2) is 77.8 Å². The van der Waals surface area contributed by atoms with Crippen molar-refractivity contribution in [1.29, 1.82) is 0 Å². The van der Waals surface area contributed by atoms with Crippen LogP contribution < -0.4 is 0 Å². The lowest BCUT2D eigenvalue weighted by Gasteiger charge is -2.06. The maximum Gasteiger partial charge on any atom is 0.336 e. The van der Waals surface area contributed by atoms with E-state index >= 15 is 0 Å². The van der Waals surface area contributed by atoms with Crippen LogP contribution in [0.3, 0.4) is 0 Å². The Morgan fingerprint density at radius 1 is 0.917 bits per heavy atom. The fourth-order valence-electron chi connectivity index (χ4n) is 2.35. The minimum absolute atomic E-state index is 0.269. The Kier molecular flexibility index (Phi) is 4.47. The number of rotatable bonds is 4. The quantitative estimate of drug-likeness (QED) is 0.692. The molecule has 4 heteroatoms. The lowest BCUT2D eigenvalue weighted by molar-refractivity contribution is 0.0697. The van der Waals surface area contributed by atoms with Gasteiger partial charge in [-0.15, -0.1) is 0 Å². The summed E-state index contributed by atoms with van der Waals surface area (Å²) in [6.45, 7) is 0. The van der Waals surface area contributed by atoms with Crippen LogP contribution in [0.25, 0.3) is 11.1 Å². The third-order valence-corrected chi connectivity index (χ3v) is 3.57. The van der Waals surface area contributed by atoms with E-state index in [2.05, 4.69) is 4.99 Å². The molecule has 3 nitrogen and oxygen atoms in total. The first-order valence-electron chi connectivity index (χ1n) is 7.36. The normalized spacial score (nSPS) is 10.9. The summed E-state index contributed by atoms with van der Waals surface area (Å²) < 4.78 is 12.9. The van der Waals surface area contributed by atoms with E-state index in [1.54, 1.807) is 36.5 Å². The Labute approximate surface area is 138 Å². The van der Waals surface area contributed by atoms with Crippen LogP contribution >= 0.6 is 0 Å². The van der Waals surface area contributed by atoms with Crippen LogP contribution in [0.4, 0.5) is 10.1 Å². The van der Waals surface area contributed by atoms with Gasteiger partial charge in [0, 0.05) is 6.21 Å². The smallest absolute Gasteiger partial charge is 0.336 e. The predicted octanol–water partition coefficient (Wildman–Crippen LogP) is 4.94. The number of hydrogen-bond acceptors (Lipinski definition) is 2. The van der Waals surface area contributed by atoms with Crippen molar-refractivity contribution in [3.63, 3.8) is 0 Å². The highest BCUT2D eigenvalue weighted by Crippen LogP contribution is 2.24. The Bertz CT molecular complexity index is 884. The molecule has 0 heterocycles. The summed E-state index contributed by atoms with van der Waals surface area (Å²) >= 11 is 0. The van der Waals surface area contributed by atoms with Crippen LogP contribution in [0, 0.1) is 5.82 Å². The molecule has 0 aromatic heterocycles.